The largest absolute Gasteiger partial charge is 0.460 e. The Morgan fingerprint density at radius 1 is 1.17 bits per heavy atom. The number of thiol groups is 1. The number of ether oxygens (including phenoxy) is 2. The fraction of sp³-hybridized carbons (Fsp3) is 0.462. The first-order valence-corrected chi connectivity index (χ1v) is 7.49. The second-order valence-electron chi connectivity index (χ2n) is 3.74. The van der Waals surface area contributed by atoms with Crippen LogP contribution < -0.4 is 0 Å². The Balaban J connectivity index is 2.31. The van der Waals surface area contributed by atoms with Crippen LogP contribution in [0.5, 0.6) is 0 Å². The van der Waals surface area contributed by atoms with Gasteiger partial charge in [0.2, 0.25) is 0 Å². The van der Waals surface area contributed by atoms with Gasteiger partial charge in [-0.25, -0.2) is 0 Å². The van der Waals surface area contributed by atoms with E-state index in [0.717, 1.165) is 29.9 Å². The SMILES string of the molecule is O=C(CBr)OCc1ccc(COCCCS)cc1. The highest BCUT2D eigenvalue weighted by atomic mass is 79.9. The number of benzene rings is 1. The van der Waals surface area contributed by atoms with Crippen LogP contribution >= 0.6 is 28.6 Å². The number of carbonyl (C=O) groups excluding carboxylic acids is 1. The van der Waals surface area contributed by atoms with Gasteiger partial charge in [-0.3, -0.25) is 4.79 Å². The van der Waals surface area contributed by atoms with E-state index in [1.54, 1.807) is 0 Å². The predicted octanol–water partition coefficient (Wildman–Crippen LogP) is 2.96. The van der Waals surface area contributed by atoms with Gasteiger partial charge < -0.3 is 9.47 Å². The minimum atomic E-state index is -0.255. The number of hydrogen-bond acceptors (Lipinski definition) is 4. The van der Waals surface area contributed by atoms with Crippen molar-refractivity contribution in [1.29, 1.82) is 0 Å². The van der Waals surface area contributed by atoms with E-state index in [1.165, 1.54) is 0 Å². The van der Waals surface area contributed by atoms with Gasteiger partial charge in [-0.05, 0) is 23.3 Å². The third-order valence-corrected chi connectivity index (χ3v) is 3.02. The van der Waals surface area contributed by atoms with Crippen LogP contribution in [-0.4, -0.2) is 23.7 Å². The number of rotatable bonds is 8. The van der Waals surface area contributed by atoms with Crippen LogP contribution in [0.25, 0.3) is 0 Å². The molecule has 1 aromatic carbocycles. The van der Waals surface area contributed by atoms with Gasteiger partial charge in [0.05, 0.1) is 6.61 Å². The first kappa shape index (κ1) is 15.5. The second-order valence-corrected chi connectivity index (χ2v) is 4.75. The van der Waals surface area contributed by atoms with E-state index in [-0.39, 0.29) is 11.3 Å². The summed E-state index contributed by atoms with van der Waals surface area (Å²) in [5.41, 5.74) is 2.09. The smallest absolute Gasteiger partial charge is 0.316 e. The lowest BCUT2D eigenvalue weighted by molar-refractivity contribution is -0.141. The minimum Gasteiger partial charge on any atom is -0.460 e. The highest BCUT2D eigenvalue weighted by Crippen LogP contribution is 2.07. The van der Waals surface area contributed by atoms with E-state index < -0.39 is 0 Å². The van der Waals surface area contributed by atoms with Crippen LogP contribution in [0.2, 0.25) is 0 Å². The highest BCUT2D eigenvalue weighted by molar-refractivity contribution is 9.09. The second kappa shape index (κ2) is 9.42. The summed E-state index contributed by atoms with van der Waals surface area (Å²) in [5.74, 6) is 0.590. The maximum absolute atomic E-state index is 11.0. The molecule has 0 amide bonds. The number of halogens is 1. The van der Waals surface area contributed by atoms with E-state index in [1.807, 2.05) is 24.3 Å². The van der Waals surface area contributed by atoms with Crippen LogP contribution in [-0.2, 0) is 27.5 Å². The summed E-state index contributed by atoms with van der Waals surface area (Å²) < 4.78 is 10.5. The van der Waals surface area contributed by atoms with E-state index >= 15 is 0 Å². The molecule has 0 N–H and O–H groups in total. The van der Waals surface area contributed by atoms with Crippen molar-refractivity contribution in [3.8, 4) is 0 Å². The third kappa shape index (κ3) is 6.42. The van der Waals surface area contributed by atoms with Crippen molar-refractivity contribution >= 4 is 34.5 Å². The quantitative estimate of drug-likeness (QED) is 0.344. The number of hydrogen-bond donors (Lipinski definition) is 1. The van der Waals surface area contributed by atoms with Gasteiger partial charge in [-0.15, -0.1) is 0 Å². The molecule has 0 aliphatic carbocycles. The van der Waals surface area contributed by atoms with Crippen LogP contribution in [0.3, 0.4) is 0 Å². The maximum Gasteiger partial charge on any atom is 0.316 e. The van der Waals surface area contributed by atoms with Gasteiger partial charge in [-0.1, -0.05) is 40.2 Å². The molecular formula is C13H17BrO3S. The van der Waals surface area contributed by atoms with Gasteiger partial charge in [0.15, 0.2) is 0 Å². The molecule has 5 heteroatoms. The Morgan fingerprint density at radius 3 is 2.33 bits per heavy atom. The van der Waals surface area contributed by atoms with Gasteiger partial charge in [-0.2, -0.15) is 12.6 Å². The molecular weight excluding hydrogens is 316 g/mol. The molecule has 0 bridgehead atoms. The zero-order chi connectivity index (χ0) is 13.2. The van der Waals surface area contributed by atoms with Gasteiger partial charge in [0.1, 0.15) is 11.9 Å². The number of esters is 1. The molecule has 0 saturated heterocycles. The minimum absolute atomic E-state index is 0.226. The summed E-state index contributed by atoms with van der Waals surface area (Å²) in [7, 11) is 0. The van der Waals surface area contributed by atoms with Gasteiger partial charge >= 0.3 is 5.97 Å². The Bertz CT molecular complexity index is 354. The van der Waals surface area contributed by atoms with Crippen LogP contribution in [0.15, 0.2) is 24.3 Å². The molecule has 3 nitrogen and oxygen atoms in total. The third-order valence-electron chi connectivity index (χ3n) is 2.25. The molecule has 100 valence electrons. The molecule has 0 aliphatic rings. The molecule has 18 heavy (non-hydrogen) atoms. The normalized spacial score (nSPS) is 10.3. The lowest BCUT2D eigenvalue weighted by Crippen LogP contribution is -2.05. The van der Waals surface area contributed by atoms with Crippen LogP contribution in [0.1, 0.15) is 17.5 Å². The molecule has 1 aromatic rings. The van der Waals surface area contributed by atoms with Crippen molar-refractivity contribution in [2.45, 2.75) is 19.6 Å². The standard InChI is InChI=1S/C13H17BrO3S/c14-8-13(15)17-10-12-4-2-11(3-5-12)9-16-6-1-7-18/h2-5,18H,1,6-10H2. The Hall–Kier alpha value is -0.520. The summed E-state index contributed by atoms with van der Waals surface area (Å²) in [4.78, 5) is 11.0. The number of alkyl halides is 1. The molecule has 0 radical (unpaired) electrons. The first-order valence-electron chi connectivity index (χ1n) is 5.74. The van der Waals surface area contributed by atoms with Crippen molar-refractivity contribution in [2.24, 2.45) is 0 Å². The number of carbonyl (C=O) groups is 1. The Morgan fingerprint density at radius 2 is 1.78 bits per heavy atom. The summed E-state index contributed by atoms with van der Waals surface area (Å²) in [6, 6.07) is 7.85. The fourth-order valence-corrected chi connectivity index (χ4v) is 1.58. The molecule has 0 aliphatic heterocycles. The molecule has 1 rings (SSSR count). The van der Waals surface area contributed by atoms with Crippen molar-refractivity contribution in [1.82, 2.24) is 0 Å². The van der Waals surface area contributed by atoms with Crippen molar-refractivity contribution in [2.75, 3.05) is 17.7 Å². The predicted molar refractivity (Wildman–Crippen MR) is 78.2 cm³/mol. The van der Waals surface area contributed by atoms with Gasteiger partial charge in [0, 0.05) is 6.61 Å². The topological polar surface area (TPSA) is 35.5 Å². The summed E-state index contributed by atoms with van der Waals surface area (Å²) in [6.07, 6.45) is 0.962. The lowest BCUT2D eigenvalue weighted by Gasteiger charge is -2.06. The summed E-state index contributed by atoms with van der Waals surface area (Å²) in [5, 5.41) is 0.226. The molecule has 0 atom stereocenters. The molecule has 0 spiro atoms. The average Bonchev–Trinajstić information content (AvgIpc) is 2.42. The summed E-state index contributed by atoms with van der Waals surface area (Å²) >= 11 is 7.16. The van der Waals surface area contributed by atoms with E-state index in [9.17, 15) is 4.79 Å². The lowest BCUT2D eigenvalue weighted by atomic mass is 10.1. The van der Waals surface area contributed by atoms with Crippen molar-refractivity contribution in [3.63, 3.8) is 0 Å². The van der Waals surface area contributed by atoms with Crippen LogP contribution in [0, 0.1) is 0 Å². The molecule has 0 saturated carbocycles. The monoisotopic (exact) mass is 332 g/mol. The van der Waals surface area contributed by atoms with Gasteiger partial charge in [0.25, 0.3) is 0 Å². The Kier molecular flexibility index (Phi) is 8.13. The fourth-order valence-electron chi connectivity index (χ4n) is 1.29. The zero-order valence-electron chi connectivity index (χ0n) is 10.1. The molecule has 0 fully saturated rings. The summed E-state index contributed by atoms with van der Waals surface area (Å²) in [6.45, 7) is 1.65. The van der Waals surface area contributed by atoms with E-state index in [2.05, 4.69) is 28.6 Å². The van der Waals surface area contributed by atoms with E-state index in [4.69, 9.17) is 9.47 Å². The van der Waals surface area contributed by atoms with E-state index in [0.29, 0.717) is 13.2 Å². The zero-order valence-corrected chi connectivity index (χ0v) is 12.6. The highest BCUT2D eigenvalue weighted by Gasteiger charge is 2.00. The van der Waals surface area contributed by atoms with Crippen molar-refractivity contribution < 1.29 is 14.3 Å². The first-order chi connectivity index (χ1) is 8.76. The van der Waals surface area contributed by atoms with Crippen molar-refractivity contribution in [3.05, 3.63) is 35.4 Å². The average molecular weight is 333 g/mol. The molecule has 0 unspecified atom stereocenters. The maximum atomic E-state index is 11.0. The van der Waals surface area contributed by atoms with Crippen LogP contribution in [0.4, 0.5) is 0 Å². The molecule has 0 heterocycles. The molecule has 0 aromatic heterocycles. The Labute approximate surface area is 121 Å².